The van der Waals surface area contributed by atoms with Crippen LogP contribution in [0, 0.1) is 0 Å². The van der Waals surface area contributed by atoms with Crippen LogP contribution >= 0.6 is 0 Å². The monoisotopic (exact) mass is 319 g/mol. The van der Waals surface area contributed by atoms with Gasteiger partial charge in [0.15, 0.2) is 0 Å². The van der Waals surface area contributed by atoms with Crippen molar-refractivity contribution in [1.82, 2.24) is 9.55 Å². The number of nitrogens with one attached hydrogen (secondary N) is 2. The third kappa shape index (κ3) is 7.00. The molecule has 0 aliphatic heterocycles. The number of allylic oxidation sites excluding steroid dienone is 4. The lowest BCUT2D eigenvalue weighted by atomic mass is 10.2. The normalized spacial score (nSPS) is 11.9. The zero-order chi connectivity index (χ0) is 17.8. The van der Waals surface area contributed by atoms with Crippen LogP contribution in [0.4, 0.5) is 5.82 Å². The molecular formula is C18H29N3O2. The minimum atomic E-state index is -0.397. The van der Waals surface area contributed by atoms with Crippen molar-refractivity contribution in [1.29, 1.82) is 0 Å². The Labute approximate surface area is 138 Å². The second-order valence-corrected chi connectivity index (χ2v) is 4.89. The van der Waals surface area contributed by atoms with Crippen LogP contribution in [0.15, 0.2) is 51.6 Å². The first-order valence-electron chi connectivity index (χ1n) is 8.03. The van der Waals surface area contributed by atoms with E-state index < -0.39 is 5.69 Å². The van der Waals surface area contributed by atoms with Gasteiger partial charge in [-0.25, -0.2) is 4.79 Å². The fraction of sp³-hybridized carbons (Fsp3) is 0.444. The lowest BCUT2D eigenvalue weighted by Crippen LogP contribution is -2.36. The van der Waals surface area contributed by atoms with E-state index in [9.17, 15) is 9.59 Å². The van der Waals surface area contributed by atoms with E-state index in [4.69, 9.17) is 0 Å². The molecule has 1 aromatic heterocycles. The molecule has 23 heavy (non-hydrogen) atoms. The third-order valence-corrected chi connectivity index (χ3v) is 2.95. The number of hydrogen-bond donors (Lipinski definition) is 2. The number of anilines is 1. The van der Waals surface area contributed by atoms with E-state index >= 15 is 0 Å². The summed E-state index contributed by atoms with van der Waals surface area (Å²) >= 11 is 0. The highest BCUT2D eigenvalue weighted by Crippen LogP contribution is 2.02. The molecule has 0 atom stereocenters. The minimum absolute atomic E-state index is 0.162. The molecule has 5 heteroatoms. The van der Waals surface area contributed by atoms with Gasteiger partial charge in [0.05, 0.1) is 0 Å². The number of hydrogen-bond acceptors (Lipinski definition) is 3. The van der Waals surface area contributed by atoms with Gasteiger partial charge in [0, 0.05) is 18.7 Å². The number of nitrogens with zero attached hydrogens (tertiary/aromatic N) is 1. The van der Waals surface area contributed by atoms with Gasteiger partial charge in [-0.15, -0.1) is 0 Å². The molecule has 0 bridgehead atoms. The van der Waals surface area contributed by atoms with Crippen molar-refractivity contribution >= 4 is 5.82 Å². The van der Waals surface area contributed by atoms with Gasteiger partial charge in [-0.1, -0.05) is 44.2 Å². The second-order valence-electron chi connectivity index (χ2n) is 4.89. The topological polar surface area (TPSA) is 66.9 Å². The maximum Gasteiger partial charge on any atom is 0.330 e. The summed E-state index contributed by atoms with van der Waals surface area (Å²) in [4.78, 5) is 26.4. The number of H-pyrrole nitrogens is 1. The summed E-state index contributed by atoms with van der Waals surface area (Å²) in [6.45, 7) is 12.0. The summed E-state index contributed by atoms with van der Waals surface area (Å²) in [6, 6.07) is 1.25. The lowest BCUT2D eigenvalue weighted by Gasteiger charge is -2.11. The Morgan fingerprint density at radius 1 is 1.26 bits per heavy atom. The van der Waals surface area contributed by atoms with Crippen LogP contribution < -0.4 is 16.6 Å². The van der Waals surface area contributed by atoms with Crippen LogP contribution in [0.3, 0.4) is 0 Å². The average Bonchev–Trinajstić information content (AvgIpc) is 2.51. The van der Waals surface area contributed by atoms with Crippen LogP contribution in [0.25, 0.3) is 0 Å². The molecule has 128 valence electrons. The lowest BCUT2D eigenvalue weighted by molar-refractivity contribution is 0.546. The summed E-state index contributed by atoms with van der Waals surface area (Å²) in [6.07, 6.45) is 9.77. The summed E-state index contributed by atoms with van der Waals surface area (Å²) < 4.78 is 1.19. The minimum Gasteiger partial charge on any atom is -0.367 e. The van der Waals surface area contributed by atoms with Gasteiger partial charge in [0.25, 0.3) is 5.56 Å². The first-order chi connectivity index (χ1) is 11.0. The third-order valence-electron chi connectivity index (χ3n) is 2.95. The highest BCUT2D eigenvalue weighted by molar-refractivity contribution is 5.36. The Balaban J connectivity index is 0.00000232. The Hall–Kier alpha value is -2.30. The summed E-state index contributed by atoms with van der Waals surface area (Å²) in [7, 11) is 0. The van der Waals surface area contributed by atoms with E-state index in [1.165, 1.54) is 10.6 Å². The predicted octanol–water partition coefficient (Wildman–Crippen LogP) is 3.63. The van der Waals surface area contributed by atoms with E-state index in [2.05, 4.69) is 10.3 Å². The highest BCUT2D eigenvalue weighted by atomic mass is 16.2. The predicted molar refractivity (Wildman–Crippen MR) is 99.3 cm³/mol. The molecule has 0 aliphatic carbocycles. The molecule has 0 aliphatic rings. The van der Waals surface area contributed by atoms with Gasteiger partial charge in [-0.3, -0.25) is 14.3 Å². The number of rotatable bonds is 6. The number of aromatic amines is 1. The smallest absolute Gasteiger partial charge is 0.330 e. The molecule has 0 saturated heterocycles. The van der Waals surface area contributed by atoms with E-state index in [-0.39, 0.29) is 11.6 Å². The maximum absolute atomic E-state index is 11.9. The van der Waals surface area contributed by atoms with Gasteiger partial charge in [-0.05, 0) is 33.3 Å². The van der Waals surface area contributed by atoms with Crippen LogP contribution in [0.2, 0.25) is 0 Å². The zero-order valence-electron chi connectivity index (χ0n) is 15.0. The molecule has 1 aromatic rings. The quantitative estimate of drug-likeness (QED) is 0.787. The molecule has 1 rings (SSSR count). The summed E-state index contributed by atoms with van der Waals surface area (Å²) in [5, 5.41) is 3.06. The summed E-state index contributed by atoms with van der Waals surface area (Å²) in [5.41, 5.74) is 0.358. The van der Waals surface area contributed by atoms with Gasteiger partial charge < -0.3 is 5.32 Å². The van der Waals surface area contributed by atoms with Gasteiger partial charge in [0.2, 0.25) is 0 Å². The van der Waals surface area contributed by atoms with E-state index in [0.717, 1.165) is 5.57 Å². The average molecular weight is 319 g/mol. The Bertz CT molecular complexity index is 630. The van der Waals surface area contributed by atoms with Crippen molar-refractivity contribution in [3.63, 3.8) is 0 Å². The molecular weight excluding hydrogens is 290 g/mol. The van der Waals surface area contributed by atoms with E-state index in [1.807, 2.05) is 58.1 Å². The van der Waals surface area contributed by atoms with Crippen LogP contribution in [0.1, 0.15) is 47.6 Å². The second kappa shape index (κ2) is 11.3. The van der Waals surface area contributed by atoms with Crippen LogP contribution in [0.5, 0.6) is 0 Å². The van der Waals surface area contributed by atoms with Crippen molar-refractivity contribution in [3.05, 3.63) is 62.9 Å². The first kappa shape index (κ1) is 20.7. The largest absolute Gasteiger partial charge is 0.367 e. The molecule has 0 spiro atoms. The molecule has 0 amide bonds. The Morgan fingerprint density at radius 2 is 1.91 bits per heavy atom. The standard InChI is InChI=1S/C16H23N3O2.C2H6/c1-5-7-8-9-13(6-2)11-17-14-10-15(20)19(12(3)4)16(21)18-14;1-2/h5-10,12,17H,11H2,1-4H3,(H,18,21);1-2H3/b7-5-,9-8-,13-6+;. The SMILES string of the molecule is CC.C\C=C/C=C\C(=C/C)CNc1cc(=O)n(C(C)C)c(=O)[nH]1. The number of aromatic nitrogens is 2. The fourth-order valence-corrected chi connectivity index (χ4v) is 1.83. The maximum atomic E-state index is 11.9. The van der Waals surface area contributed by atoms with Crippen molar-refractivity contribution in [2.75, 3.05) is 11.9 Å². The van der Waals surface area contributed by atoms with Crippen LogP contribution in [-0.2, 0) is 0 Å². The molecule has 0 unspecified atom stereocenters. The van der Waals surface area contributed by atoms with Gasteiger partial charge >= 0.3 is 5.69 Å². The van der Waals surface area contributed by atoms with Crippen molar-refractivity contribution in [2.45, 2.75) is 47.6 Å². The molecule has 0 radical (unpaired) electrons. The van der Waals surface area contributed by atoms with E-state index in [0.29, 0.717) is 12.4 Å². The van der Waals surface area contributed by atoms with Crippen LogP contribution in [-0.4, -0.2) is 16.1 Å². The van der Waals surface area contributed by atoms with Gasteiger partial charge in [0.1, 0.15) is 5.82 Å². The van der Waals surface area contributed by atoms with E-state index in [1.54, 1.807) is 13.8 Å². The molecule has 0 saturated carbocycles. The molecule has 2 N–H and O–H groups in total. The molecule has 5 nitrogen and oxygen atoms in total. The van der Waals surface area contributed by atoms with Gasteiger partial charge in [-0.2, -0.15) is 0 Å². The first-order valence-corrected chi connectivity index (χ1v) is 8.03. The highest BCUT2D eigenvalue weighted by Gasteiger charge is 2.07. The summed E-state index contributed by atoms with van der Waals surface area (Å²) in [5.74, 6) is 0.431. The molecule has 0 fully saturated rings. The molecule has 0 aromatic carbocycles. The van der Waals surface area contributed by atoms with Crippen molar-refractivity contribution in [2.24, 2.45) is 0 Å². The Kier molecular flexibility index (Phi) is 10.2. The van der Waals surface area contributed by atoms with Crippen molar-refractivity contribution in [3.8, 4) is 0 Å². The van der Waals surface area contributed by atoms with Crippen molar-refractivity contribution < 1.29 is 0 Å². The zero-order valence-corrected chi connectivity index (χ0v) is 15.0. The Morgan fingerprint density at radius 3 is 2.39 bits per heavy atom. The fourth-order valence-electron chi connectivity index (χ4n) is 1.83. The molecule has 1 heterocycles.